The van der Waals surface area contributed by atoms with E-state index in [-0.39, 0.29) is 0 Å². The molecule has 1 aromatic rings. The molecular weight excluding hydrogens is 164 g/mol. The topological polar surface area (TPSA) is 26.3 Å². The van der Waals surface area contributed by atoms with E-state index in [4.69, 9.17) is 4.74 Å². The van der Waals surface area contributed by atoms with E-state index in [0.29, 0.717) is 6.61 Å². The third kappa shape index (κ3) is 3.11. The Labute approximate surface area is 77.8 Å². The quantitative estimate of drug-likeness (QED) is 0.656. The lowest BCUT2D eigenvalue weighted by Crippen LogP contribution is -1.90. The Morgan fingerprint density at radius 3 is 3.08 bits per heavy atom. The van der Waals surface area contributed by atoms with Gasteiger partial charge in [0.05, 0.1) is 6.61 Å². The Hall–Kier alpha value is -1.57. The molecule has 0 heterocycles. The van der Waals surface area contributed by atoms with Gasteiger partial charge in [0, 0.05) is 0 Å². The highest BCUT2D eigenvalue weighted by Gasteiger charge is 1.91. The van der Waals surface area contributed by atoms with Crippen LogP contribution in [0.5, 0.6) is 5.75 Å². The van der Waals surface area contributed by atoms with Gasteiger partial charge in [-0.25, -0.2) is 0 Å². The average molecular weight is 175 g/mol. The van der Waals surface area contributed by atoms with Crippen LogP contribution < -0.4 is 4.74 Å². The van der Waals surface area contributed by atoms with Crippen molar-refractivity contribution < 1.29 is 9.53 Å². The van der Waals surface area contributed by atoms with E-state index in [1.165, 1.54) is 6.08 Å². The first-order valence-corrected chi connectivity index (χ1v) is 4.14. The van der Waals surface area contributed by atoms with Crippen molar-refractivity contribution in [2.24, 2.45) is 0 Å². The summed E-state index contributed by atoms with van der Waals surface area (Å²) >= 11 is 0. The fourth-order valence-corrected chi connectivity index (χ4v) is 1.00. The van der Waals surface area contributed by atoms with Crippen molar-refractivity contribution in [3.05, 3.63) is 35.9 Å². The predicted molar refractivity (Wildman–Crippen MR) is 52.3 cm³/mol. The summed E-state index contributed by atoms with van der Waals surface area (Å²) in [7, 11) is 0. The Morgan fingerprint density at radius 1 is 1.54 bits per heavy atom. The van der Waals surface area contributed by atoms with Crippen LogP contribution in [0.15, 0.2) is 30.3 Å². The van der Waals surface area contributed by atoms with Gasteiger partial charge in [-0.1, -0.05) is 18.2 Å². The minimum absolute atomic E-state index is 0.646. The number of benzene rings is 1. The second-order valence-corrected chi connectivity index (χ2v) is 2.46. The van der Waals surface area contributed by atoms with Gasteiger partial charge >= 0.3 is 0 Å². The largest absolute Gasteiger partial charge is 0.494 e. The fraction of sp³-hybridized carbons (Fsp3) is 0.182. The number of carbonyl (C=O) groups excluding carboxylic acids is 1. The highest BCUT2D eigenvalue weighted by Crippen LogP contribution is 2.13. The van der Waals surface area contributed by atoms with E-state index in [1.54, 1.807) is 12.4 Å². The number of ether oxygens (including phenoxy) is 1. The summed E-state index contributed by atoms with van der Waals surface area (Å²) in [5.74, 6) is 0.815. The third-order valence-electron chi connectivity index (χ3n) is 1.51. The van der Waals surface area contributed by atoms with Crippen LogP contribution in [0.4, 0.5) is 0 Å². The van der Waals surface area contributed by atoms with E-state index in [1.807, 2.05) is 31.2 Å². The van der Waals surface area contributed by atoms with Gasteiger partial charge in [0.1, 0.15) is 5.75 Å². The molecule has 67 valence electrons. The zero-order valence-corrected chi connectivity index (χ0v) is 7.49. The lowest BCUT2D eigenvalue weighted by Gasteiger charge is -2.02. The summed E-state index contributed by atoms with van der Waals surface area (Å²) in [4.78, 5) is 9.95. The van der Waals surface area contributed by atoms with Crippen molar-refractivity contribution in [3.8, 4) is 5.75 Å². The van der Waals surface area contributed by atoms with Crippen molar-refractivity contribution in [3.63, 3.8) is 0 Å². The van der Waals surface area contributed by atoms with Crippen LogP contribution in [0.25, 0.3) is 6.08 Å². The zero-order chi connectivity index (χ0) is 9.52. The smallest absolute Gasteiger partial charge is 0.225 e. The molecule has 0 aliphatic carbocycles. The molecule has 2 nitrogen and oxygen atoms in total. The predicted octanol–water partition coefficient (Wildman–Crippen LogP) is 2.21. The van der Waals surface area contributed by atoms with Gasteiger partial charge in [0.15, 0.2) is 0 Å². The van der Waals surface area contributed by atoms with Crippen molar-refractivity contribution >= 4 is 12.4 Å². The molecule has 0 aliphatic rings. The molecule has 0 aromatic heterocycles. The lowest BCUT2D eigenvalue weighted by atomic mass is 10.2. The summed E-state index contributed by atoms with van der Waals surface area (Å²) in [5.41, 5.74) is 0.939. The van der Waals surface area contributed by atoms with Gasteiger partial charge in [-0.2, -0.15) is 0 Å². The molecule has 0 atom stereocenters. The van der Waals surface area contributed by atoms with Crippen LogP contribution in [0.3, 0.4) is 0 Å². The minimum atomic E-state index is 0.646. The highest BCUT2D eigenvalue weighted by atomic mass is 16.5. The van der Waals surface area contributed by atoms with Crippen molar-refractivity contribution in [2.75, 3.05) is 6.61 Å². The first-order chi connectivity index (χ1) is 6.36. The molecule has 0 amide bonds. The van der Waals surface area contributed by atoms with Crippen molar-refractivity contribution in [1.82, 2.24) is 0 Å². The highest BCUT2D eigenvalue weighted by molar-refractivity contribution is 5.74. The molecule has 1 radical (unpaired) electrons. The number of hydrogen-bond acceptors (Lipinski definition) is 2. The molecule has 0 spiro atoms. The first-order valence-electron chi connectivity index (χ1n) is 4.14. The Kier molecular flexibility index (Phi) is 3.76. The number of rotatable bonds is 4. The summed E-state index contributed by atoms with van der Waals surface area (Å²) in [6.45, 7) is 2.58. The van der Waals surface area contributed by atoms with Crippen LogP contribution in [0, 0.1) is 0 Å². The maximum atomic E-state index is 9.95. The molecule has 0 unspecified atom stereocenters. The van der Waals surface area contributed by atoms with Crippen LogP contribution in [0.1, 0.15) is 12.5 Å². The molecule has 0 N–H and O–H groups in total. The van der Waals surface area contributed by atoms with Crippen LogP contribution in [-0.2, 0) is 4.79 Å². The third-order valence-corrected chi connectivity index (χ3v) is 1.51. The molecule has 1 aromatic carbocycles. The molecule has 1 rings (SSSR count). The Morgan fingerprint density at radius 2 is 2.38 bits per heavy atom. The summed E-state index contributed by atoms with van der Waals surface area (Å²) in [5, 5.41) is 0. The van der Waals surface area contributed by atoms with E-state index in [9.17, 15) is 4.79 Å². The molecule has 0 saturated heterocycles. The van der Waals surface area contributed by atoms with E-state index < -0.39 is 0 Å². The van der Waals surface area contributed by atoms with Gasteiger partial charge in [-0.15, -0.1) is 0 Å². The minimum Gasteiger partial charge on any atom is -0.494 e. The SMILES string of the molecule is CCOc1cccc(C=C[C]=O)c1. The zero-order valence-electron chi connectivity index (χ0n) is 7.49. The van der Waals surface area contributed by atoms with Gasteiger partial charge in [0.25, 0.3) is 0 Å². The molecular formula is C11H11O2. The van der Waals surface area contributed by atoms with Gasteiger partial charge in [-0.3, -0.25) is 4.79 Å². The normalized spacial score (nSPS) is 10.2. The second kappa shape index (κ2) is 5.14. The Bertz CT molecular complexity index is 303. The standard InChI is InChI=1S/C11H11O2/c1-2-13-11-7-3-5-10(9-11)6-4-8-12/h3-7,9H,2H2,1H3. The first kappa shape index (κ1) is 9.52. The Balaban J connectivity index is 2.78. The van der Waals surface area contributed by atoms with Gasteiger partial charge in [0.2, 0.25) is 6.29 Å². The molecule has 0 saturated carbocycles. The average Bonchev–Trinajstić information content (AvgIpc) is 2.16. The second-order valence-electron chi connectivity index (χ2n) is 2.46. The molecule has 0 fully saturated rings. The van der Waals surface area contributed by atoms with Crippen molar-refractivity contribution in [2.45, 2.75) is 6.92 Å². The summed E-state index contributed by atoms with van der Waals surface area (Å²) in [6, 6.07) is 7.54. The van der Waals surface area contributed by atoms with E-state index in [2.05, 4.69) is 0 Å². The van der Waals surface area contributed by atoms with Crippen LogP contribution in [0.2, 0.25) is 0 Å². The monoisotopic (exact) mass is 175 g/mol. The lowest BCUT2D eigenvalue weighted by molar-refractivity contribution is 0.340. The van der Waals surface area contributed by atoms with Crippen LogP contribution >= 0.6 is 0 Å². The number of allylic oxidation sites excluding steroid dienone is 1. The maximum Gasteiger partial charge on any atom is 0.225 e. The molecule has 0 bridgehead atoms. The molecule has 2 heteroatoms. The van der Waals surface area contributed by atoms with E-state index in [0.717, 1.165) is 11.3 Å². The van der Waals surface area contributed by atoms with Gasteiger partial charge in [-0.05, 0) is 30.7 Å². The fourth-order valence-electron chi connectivity index (χ4n) is 1.00. The number of hydrogen-bond donors (Lipinski definition) is 0. The van der Waals surface area contributed by atoms with Gasteiger partial charge < -0.3 is 4.74 Å². The summed E-state index contributed by atoms with van der Waals surface area (Å²) in [6.07, 6.45) is 4.72. The summed E-state index contributed by atoms with van der Waals surface area (Å²) < 4.78 is 5.29. The molecule has 13 heavy (non-hydrogen) atoms. The van der Waals surface area contributed by atoms with Crippen molar-refractivity contribution in [1.29, 1.82) is 0 Å². The van der Waals surface area contributed by atoms with Crippen LogP contribution in [-0.4, -0.2) is 12.9 Å². The molecule has 0 aliphatic heterocycles. The maximum absolute atomic E-state index is 9.95. The van der Waals surface area contributed by atoms with E-state index >= 15 is 0 Å².